The molecule has 0 aliphatic rings. The van der Waals surface area contributed by atoms with Crippen molar-refractivity contribution < 1.29 is 14.2 Å². The van der Waals surface area contributed by atoms with Crippen LogP contribution in [0.25, 0.3) is 0 Å². The second-order valence-electron chi connectivity index (χ2n) is 4.04. The summed E-state index contributed by atoms with van der Waals surface area (Å²) in [7, 11) is 4.87. The number of para-hydroxylation sites is 2. The SMILES string of the molecule is COc1ccc(C=Nc2ccccc2OC)c(OC)c1. The summed E-state index contributed by atoms with van der Waals surface area (Å²) in [6.45, 7) is 0. The first-order valence-electron chi connectivity index (χ1n) is 6.17. The first-order chi connectivity index (χ1) is 9.78. The quantitative estimate of drug-likeness (QED) is 0.782. The number of aliphatic imine (C=N–C) groups is 1. The maximum absolute atomic E-state index is 5.33. The minimum atomic E-state index is 0.711. The van der Waals surface area contributed by atoms with Crippen LogP contribution < -0.4 is 14.2 Å². The van der Waals surface area contributed by atoms with Gasteiger partial charge < -0.3 is 14.2 Å². The fourth-order valence-electron chi connectivity index (χ4n) is 1.80. The molecule has 0 bridgehead atoms. The molecular weight excluding hydrogens is 254 g/mol. The smallest absolute Gasteiger partial charge is 0.144 e. The molecule has 0 saturated carbocycles. The van der Waals surface area contributed by atoms with Gasteiger partial charge in [-0.1, -0.05) is 12.1 Å². The molecular formula is C16H17NO3. The molecule has 0 unspecified atom stereocenters. The molecule has 0 amide bonds. The summed E-state index contributed by atoms with van der Waals surface area (Å²) in [6, 6.07) is 13.2. The zero-order chi connectivity index (χ0) is 14.4. The van der Waals surface area contributed by atoms with Gasteiger partial charge in [0.1, 0.15) is 22.9 Å². The topological polar surface area (TPSA) is 40.0 Å². The number of hydrogen-bond acceptors (Lipinski definition) is 4. The third kappa shape index (κ3) is 3.09. The van der Waals surface area contributed by atoms with Gasteiger partial charge in [0.25, 0.3) is 0 Å². The van der Waals surface area contributed by atoms with Crippen molar-refractivity contribution in [3.8, 4) is 17.2 Å². The molecule has 20 heavy (non-hydrogen) atoms. The average molecular weight is 271 g/mol. The van der Waals surface area contributed by atoms with E-state index in [0.29, 0.717) is 5.75 Å². The number of ether oxygens (including phenoxy) is 3. The summed E-state index contributed by atoms with van der Waals surface area (Å²) >= 11 is 0. The number of benzene rings is 2. The van der Waals surface area contributed by atoms with Crippen molar-refractivity contribution in [2.45, 2.75) is 0 Å². The van der Waals surface area contributed by atoms with E-state index in [1.165, 1.54) is 0 Å². The van der Waals surface area contributed by atoms with Gasteiger partial charge >= 0.3 is 0 Å². The summed E-state index contributed by atoms with van der Waals surface area (Å²) in [5.41, 5.74) is 1.65. The highest BCUT2D eigenvalue weighted by Gasteiger charge is 2.03. The molecule has 0 heterocycles. The summed E-state index contributed by atoms with van der Waals surface area (Å²) in [5, 5.41) is 0. The zero-order valence-corrected chi connectivity index (χ0v) is 11.8. The fourth-order valence-corrected chi connectivity index (χ4v) is 1.80. The Morgan fingerprint density at radius 2 is 1.60 bits per heavy atom. The third-order valence-corrected chi connectivity index (χ3v) is 2.87. The highest BCUT2D eigenvalue weighted by Crippen LogP contribution is 2.28. The van der Waals surface area contributed by atoms with E-state index in [1.807, 2.05) is 42.5 Å². The number of rotatable bonds is 5. The molecule has 0 atom stereocenters. The van der Waals surface area contributed by atoms with Crippen molar-refractivity contribution in [1.82, 2.24) is 0 Å². The highest BCUT2D eigenvalue weighted by molar-refractivity contribution is 5.86. The lowest BCUT2D eigenvalue weighted by molar-refractivity contribution is 0.394. The lowest BCUT2D eigenvalue weighted by Crippen LogP contribution is -1.92. The molecule has 2 aromatic rings. The minimum Gasteiger partial charge on any atom is -0.497 e. The molecule has 0 fully saturated rings. The summed E-state index contributed by atoms with van der Waals surface area (Å²) in [6.07, 6.45) is 1.75. The first kappa shape index (κ1) is 13.9. The van der Waals surface area contributed by atoms with Crippen LogP contribution in [-0.4, -0.2) is 27.5 Å². The van der Waals surface area contributed by atoms with Gasteiger partial charge in [-0.15, -0.1) is 0 Å². The number of methoxy groups -OCH3 is 3. The summed E-state index contributed by atoms with van der Waals surface area (Å²) < 4.78 is 15.8. The van der Waals surface area contributed by atoms with Crippen LogP contribution in [0.2, 0.25) is 0 Å². The van der Waals surface area contributed by atoms with Crippen LogP contribution in [0.1, 0.15) is 5.56 Å². The van der Waals surface area contributed by atoms with E-state index in [9.17, 15) is 0 Å². The Kier molecular flexibility index (Phi) is 4.60. The van der Waals surface area contributed by atoms with Crippen LogP contribution in [0.15, 0.2) is 47.5 Å². The van der Waals surface area contributed by atoms with E-state index in [0.717, 1.165) is 22.7 Å². The van der Waals surface area contributed by atoms with E-state index in [4.69, 9.17) is 14.2 Å². The van der Waals surface area contributed by atoms with Crippen LogP contribution in [0.4, 0.5) is 5.69 Å². The Bertz CT molecular complexity index is 608. The normalized spacial score (nSPS) is 10.6. The molecule has 0 N–H and O–H groups in total. The van der Waals surface area contributed by atoms with Crippen LogP contribution in [0.3, 0.4) is 0 Å². The number of hydrogen-bond donors (Lipinski definition) is 0. The number of nitrogens with zero attached hydrogens (tertiary/aromatic N) is 1. The van der Waals surface area contributed by atoms with Crippen molar-refractivity contribution >= 4 is 11.9 Å². The molecule has 0 saturated heterocycles. The second-order valence-corrected chi connectivity index (χ2v) is 4.04. The van der Waals surface area contributed by atoms with Gasteiger partial charge in [0.05, 0.1) is 21.3 Å². The lowest BCUT2D eigenvalue weighted by atomic mass is 10.2. The summed E-state index contributed by atoms with van der Waals surface area (Å²) in [4.78, 5) is 4.44. The first-order valence-corrected chi connectivity index (χ1v) is 6.17. The predicted octanol–water partition coefficient (Wildman–Crippen LogP) is 3.46. The van der Waals surface area contributed by atoms with Crippen LogP contribution in [0, 0.1) is 0 Å². The second kappa shape index (κ2) is 6.61. The van der Waals surface area contributed by atoms with Gasteiger partial charge in [-0.3, -0.25) is 4.99 Å². The molecule has 0 spiro atoms. The van der Waals surface area contributed by atoms with E-state index < -0.39 is 0 Å². The van der Waals surface area contributed by atoms with Crippen molar-refractivity contribution in [2.75, 3.05) is 21.3 Å². The average Bonchev–Trinajstić information content (AvgIpc) is 2.52. The highest BCUT2D eigenvalue weighted by atomic mass is 16.5. The van der Waals surface area contributed by atoms with Crippen LogP contribution >= 0.6 is 0 Å². The monoisotopic (exact) mass is 271 g/mol. The molecule has 2 rings (SSSR count). The minimum absolute atomic E-state index is 0.711. The predicted molar refractivity (Wildman–Crippen MR) is 79.8 cm³/mol. The Labute approximate surface area is 118 Å². The lowest BCUT2D eigenvalue weighted by Gasteiger charge is -2.07. The zero-order valence-electron chi connectivity index (χ0n) is 11.8. The summed E-state index contributed by atoms with van der Waals surface area (Å²) in [5.74, 6) is 2.19. The van der Waals surface area contributed by atoms with Crippen molar-refractivity contribution in [1.29, 1.82) is 0 Å². The third-order valence-electron chi connectivity index (χ3n) is 2.87. The van der Waals surface area contributed by atoms with Crippen molar-refractivity contribution in [3.05, 3.63) is 48.0 Å². The van der Waals surface area contributed by atoms with Crippen LogP contribution in [0.5, 0.6) is 17.2 Å². The molecule has 0 aliphatic heterocycles. The van der Waals surface area contributed by atoms with E-state index in [2.05, 4.69) is 4.99 Å². The standard InChI is InChI=1S/C16H17NO3/c1-18-13-9-8-12(16(10-13)20-3)11-17-14-6-4-5-7-15(14)19-2/h4-11H,1-3H3. The molecule has 0 aliphatic carbocycles. The van der Waals surface area contributed by atoms with Gasteiger partial charge in [0.2, 0.25) is 0 Å². The molecule has 2 aromatic carbocycles. The Morgan fingerprint density at radius 3 is 2.30 bits per heavy atom. The fraction of sp³-hybridized carbons (Fsp3) is 0.188. The van der Waals surface area contributed by atoms with Crippen molar-refractivity contribution in [3.63, 3.8) is 0 Å². The molecule has 0 aromatic heterocycles. The largest absolute Gasteiger partial charge is 0.497 e. The Balaban J connectivity index is 2.31. The van der Waals surface area contributed by atoms with E-state index in [1.54, 1.807) is 27.5 Å². The molecule has 0 radical (unpaired) electrons. The van der Waals surface area contributed by atoms with E-state index in [-0.39, 0.29) is 0 Å². The van der Waals surface area contributed by atoms with Gasteiger partial charge in [-0.2, -0.15) is 0 Å². The maximum atomic E-state index is 5.33. The van der Waals surface area contributed by atoms with E-state index >= 15 is 0 Å². The van der Waals surface area contributed by atoms with Crippen LogP contribution in [-0.2, 0) is 0 Å². The maximum Gasteiger partial charge on any atom is 0.144 e. The molecule has 4 heteroatoms. The Hall–Kier alpha value is -2.49. The van der Waals surface area contributed by atoms with Crippen molar-refractivity contribution in [2.24, 2.45) is 4.99 Å². The van der Waals surface area contributed by atoms with Gasteiger partial charge in [-0.25, -0.2) is 0 Å². The van der Waals surface area contributed by atoms with Gasteiger partial charge in [0.15, 0.2) is 0 Å². The molecule has 4 nitrogen and oxygen atoms in total. The van der Waals surface area contributed by atoms with Gasteiger partial charge in [0, 0.05) is 17.8 Å². The molecule has 104 valence electrons. The Morgan fingerprint density at radius 1 is 0.850 bits per heavy atom. The van der Waals surface area contributed by atoms with Gasteiger partial charge in [-0.05, 0) is 24.3 Å².